The first-order valence-electron chi connectivity index (χ1n) is 12.4. The molecule has 1 aliphatic rings. The minimum absolute atomic E-state index is 0.124. The minimum Gasteiger partial charge on any atom is -0.486 e. The summed E-state index contributed by atoms with van der Waals surface area (Å²) in [6, 6.07) is 8.25. The number of imidazole rings is 1. The number of hydrogen-bond acceptors (Lipinski definition) is 8. The lowest BCUT2D eigenvalue weighted by Crippen LogP contribution is -2.49. The van der Waals surface area contributed by atoms with E-state index in [1.165, 1.54) is 17.1 Å². The Morgan fingerprint density at radius 2 is 2.00 bits per heavy atom. The molecule has 4 rings (SSSR count). The molecule has 1 aliphatic heterocycles. The van der Waals surface area contributed by atoms with Gasteiger partial charge < -0.3 is 19.3 Å². The number of para-hydroxylation sites is 1. The van der Waals surface area contributed by atoms with E-state index < -0.39 is 16.1 Å². The number of nitrogens with one attached hydrogen (secondary N) is 1. The Bertz CT molecular complexity index is 1360. The van der Waals surface area contributed by atoms with Crippen LogP contribution in [0.4, 0.5) is 5.69 Å². The second-order valence-electron chi connectivity index (χ2n) is 9.84. The molecule has 0 fully saturated rings. The van der Waals surface area contributed by atoms with Gasteiger partial charge in [0.25, 0.3) is 15.9 Å². The van der Waals surface area contributed by atoms with Crippen molar-refractivity contribution >= 4 is 21.6 Å². The van der Waals surface area contributed by atoms with Gasteiger partial charge in [-0.05, 0) is 43.8 Å². The fraction of sp³-hybridized carbons (Fsp3) is 0.423. The van der Waals surface area contributed by atoms with E-state index in [1.807, 2.05) is 26.1 Å². The van der Waals surface area contributed by atoms with Gasteiger partial charge in [0.1, 0.15) is 6.10 Å². The van der Waals surface area contributed by atoms with Crippen molar-refractivity contribution < 1.29 is 23.1 Å². The zero-order chi connectivity index (χ0) is 27.4. The highest BCUT2D eigenvalue weighted by molar-refractivity contribution is 7.92. The second-order valence-corrected chi connectivity index (χ2v) is 11.5. The van der Waals surface area contributed by atoms with Gasteiger partial charge in [0.2, 0.25) is 0 Å². The molecular weight excluding hydrogens is 508 g/mol. The lowest BCUT2D eigenvalue weighted by molar-refractivity contribution is 0.0344. The molecule has 3 atom stereocenters. The number of anilines is 1. The normalized spacial score (nSPS) is 18.9. The van der Waals surface area contributed by atoms with Gasteiger partial charge >= 0.3 is 0 Å². The maximum atomic E-state index is 13.6. The fourth-order valence-corrected chi connectivity index (χ4v) is 5.48. The van der Waals surface area contributed by atoms with E-state index in [1.54, 1.807) is 49.5 Å². The predicted octanol–water partition coefficient (Wildman–Crippen LogP) is 1.97. The van der Waals surface area contributed by atoms with Gasteiger partial charge in [-0.25, -0.2) is 4.98 Å². The van der Waals surface area contributed by atoms with Crippen molar-refractivity contribution in [1.29, 1.82) is 0 Å². The van der Waals surface area contributed by atoms with Crippen LogP contribution >= 0.6 is 0 Å². The highest BCUT2D eigenvalue weighted by Gasteiger charge is 2.35. The van der Waals surface area contributed by atoms with Gasteiger partial charge in [-0.15, -0.1) is 0 Å². The summed E-state index contributed by atoms with van der Waals surface area (Å²) in [5, 5.41) is 9.73. The highest BCUT2D eigenvalue weighted by Crippen LogP contribution is 2.36. The number of pyridine rings is 1. The summed E-state index contributed by atoms with van der Waals surface area (Å²) < 4.78 is 36.8. The zero-order valence-corrected chi connectivity index (χ0v) is 22.8. The van der Waals surface area contributed by atoms with Crippen LogP contribution in [0.25, 0.3) is 0 Å². The molecule has 11 nitrogen and oxygen atoms in total. The van der Waals surface area contributed by atoms with E-state index in [9.17, 15) is 18.3 Å². The van der Waals surface area contributed by atoms with E-state index in [0.717, 1.165) is 5.56 Å². The summed E-state index contributed by atoms with van der Waals surface area (Å²) in [6.07, 6.45) is 5.89. The van der Waals surface area contributed by atoms with Gasteiger partial charge in [0.15, 0.2) is 10.8 Å². The summed E-state index contributed by atoms with van der Waals surface area (Å²) in [6.45, 7) is 5.11. The molecule has 12 heteroatoms. The van der Waals surface area contributed by atoms with Crippen LogP contribution in [0.5, 0.6) is 5.75 Å². The number of aromatic nitrogens is 3. The number of nitrogens with zero attached hydrogens (tertiary/aromatic N) is 5. The number of carbonyl (C=O) groups is 1. The Kier molecular flexibility index (Phi) is 8.34. The van der Waals surface area contributed by atoms with Crippen LogP contribution in [-0.4, -0.2) is 82.7 Å². The molecular formula is C26H34N6O5S. The van der Waals surface area contributed by atoms with Crippen LogP contribution in [0.15, 0.2) is 60.3 Å². The molecule has 0 unspecified atom stereocenters. The number of fused-ring (bicyclic) bond motifs is 1. The maximum Gasteiger partial charge on any atom is 0.281 e. The molecule has 0 aliphatic carbocycles. The molecule has 1 aromatic carbocycles. The summed E-state index contributed by atoms with van der Waals surface area (Å²) in [5.74, 6) is -0.307. The third-order valence-electron chi connectivity index (χ3n) is 6.59. The second kappa shape index (κ2) is 11.5. The van der Waals surface area contributed by atoms with Crippen LogP contribution in [0.3, 0.4) is 0 Å². The third-order valence-corrected chi connectivity index (χ3v) is 7.84. The number of hydrogen-bond donors (Lipinski definition) is 2. The molecule has 204 valence electrons. The number of aliphatic hydroxyl groups excluding tert-OH is 1. The number of sulfonamides is 1. The van der Waals surface area contributed by atoms with Gasteiger partial charge in [-0.3, -0.25) is 19.4 Å². The van der Waals surface area contributed by atoms with Crippen LogP contribution < -0.4 is 9.46 Å². The third kappa shape index (κ3) is 6.14. The zero-order valence-electron chi connectivity index (χ0n) is 22.0. The SMILES string of the molecule is C[C@@H]1CN([C@H](C)CO)C(=O)c2cccc(NS(=O)(=O)c3cn(C)cn3)c2O[C@@H]1CN(C)Cc1ccncc1. The Balaban J connectivity index is 1.71. The standard InChI is InChI=1S/C26H34N6O5S/c1-18-12-32(19(2)16-33)26(34)21-6-5-7-22(29-38(35,36)24-15-31(4)17-28-24)25(21)37-23(18)14-30(3)13-20-8-10-27-11-9-20/h5-11,15,17-19,23,29,33H,12-14,16H2,1-4H3/t18-,19-,23-/m1/s1. The summed E-state index contributed by atoms with van der Waals surface area (Å²) >= 11 is 0. The lowest BCUT2D eigenvalue weighted by Gasteiger charge is -2.38. The van der Waals surface area contributed by atoms with Crippen LogP contribution in [-0.2, 0) is 23.6 Å². The van der Waals surface area contributed by atoms with Gasteiger partial charge in [-0.1, -0.05) is 13.0 Å². The molecule has 3 heterocycles. The van der Waals surface area contributed by atoms with Crippen molar-refractivity contribution in [2.24, 2.45) is 13.0 Å². The maximum absolute atomic E-state index is 13.6. The van der Waals surface area contributed by atoms with E-state index in [2.05, 4.69) is 19.6 Å². The number of amides is 1. The number of aliphatic hydroxyl groups is 1. The molecule has 1 amide bonds. The molecule has 38 heavy (non-hydrogen) atoms. The molecule has 2 N–H and O–H groups in total. The first kappa shape index (κ1) is 27.6. The van der Waals surface area contributed by atoms with Crippen molar-refractivity contribution in [2.45, 2.75) is 37.6 Å². The van der Waals surface area contributed by atoms with Crippen molar-refractivity contribution in [3.63, 3.8) is 0 Å². The molecule has 2 aromatic heterocycles. The average Bonchev–Trinajstić information content (AvgIpc) is 3.34. The molecule has 0 saturated heterocycles. The number of likely N-dealkylation sites (N-methyl/N-ethyl adjacent to an activating group) is 1. The first-order valence-corrected chi connectivity index (χ1v) is 13.9. The molecule has 0 saturated carbocycles. The summed E-state index contributed by atoms with van der Waals surface area (Å²) in [5.41, 5.74) is 1.46. The monoisotopic (exact) mass is 542 g/mol. The Hall–Kier alpha value is -3.48. The Morgan fingerprint density at radius 1 is 1.26 bits per heavy atom. The van der Waals surface area contributed by atoms with Crippen molar-refractivity contribution in [3.05, 3.63) is 66.4 Å². The van der Waals surface area contributed by atoms with Gasteiger partial charge in [0, 0.05) is 51.2 Å². The minimum atomic E-state index is -4.04. The highest BCUT2D eigenvalue weighted by atomic mass is 32.2. The molecule has 0 spiro atoms. The van der Waals surface area contributed by atoms with E-state index in [0.29, 0.717) is 19.6 Å². The number of ether oxygens (including phenoxy) is 1. The van der Waals surface area contributed by atoms with Crippen LogP contribution in [0, 0.1) is 5.92 Å². The lowest BCUT2D eigenvalue weighted by atomic mass is 9.99. The van der Waals surface area contributed by atoms with E-state index >= 15 is 0 Å². The topological polar surface area (TPSA) is 130 Å². The quantitative estimate of drug-likeness (QED) is 0.420. The van der Waals surface area contributed by atoms with Gasteiger partial charge in [-0.2, -0.15) is 8.42 Å². The number of rotatable bonds is 9. The van der Waals surface area contributed by atoms with Crippen molar-refractivity contribution in [1.82, 2.24) is 24.3 Å². The Morgan fingerprint density at radius 3 is 2.66 bits per heavy atom. The van der Waals surface area contributed by atoms with Crippen molar-refractivity contribution in [2.75, 3.05) is 31.5 Å². The molecule has 3 aromatic rings. The smallest absolute Gasteiger partial charge is 0.281 e. The number of aryl methyl sites for hydroxylation is 1. The average molecular weight is 543 g/mol. The largest absolute Gasteiger partial charge is 0.486 e. The van der Waals surface area contributed by atoms with E-state index in [-0.39, 0.29) is 46.6 Å². The van der Waals surface area contributed by atoms with E-state index in [4.69, 9.17) is 4.74 Å². The van der Waals surface area contributed by atoms with Crippen LogP contribution in [0.2, 0.25) is 0 Å². The van der Waals surface area contributed by atoms with Gasteiger partial charge in [0.05, 0.1) is 30.2 Å². The number of carbonyl (C=O) groups excluding carboxylic acids is 1. The fourth-order valence-electron chi connectivity index (χ4n) is 4.44. The number of benzene rings is 1. The predicted molar refractivity (Wildman–Crippen MR) is 142 cm³/mol. The van der Waals surface area contributed by atoms with Crippen LogP contribution in [0.1, 0.15) is 29.8 Å². The molecule has 0 radical (unpaired) electrons. The van der Waals surface area contributed by atoms with Crippen molar-refractivity contribution in [3.8, 4) is 5.75 Å². The summed E-state index contributed by atoms with van der Waals surface area (Å²) in [4.78, 5) is 25.4. The Labute approximate surface area is 223 Å². The molecule has 0 bridgehead atoms. The summed E-state index contributed by atoms with van der Waals surface area (Å²) in [7, 11) is -0.382. The first-order chi connectivity index (χ1) is 18.1.